The van der Waals surface area contributed by atoms with E-state index in [4.69, 9.17) is 5.21 Å². The lowest BCUT2D eigenvalue weighted by Gasteiger charge is -2.32. The Hall–Kier alpha value is -0.790. The molecule has 0 aromatic rings. The van der Waals surface area contributed by atoms with E-state index in [2.05, 4.69) is 17.3 Å². The predicted octanol–water partition coefficient (Wildman–Crippen LogP) is 2.44. The molecule has 2 saturated carbocycles. The zero-order valence-electron chi connectivity index (χ0n) is 7.69. The molecule has 1 N–H and O–H groups in total. The number of rotatable bonds is 0. The molecule has 4 atom stereocenters. The Balaban J connectivity index is 1.86. The highest BCUT2D eigenvalue weighted by atomic mass is 16.4. The van der Waals surface area contributed by atoms with Crippen LogP contribution in [0, 0.1) is 23.7 Å². The fourth-order valence-electron chi connectivity index (χ4n) is 3.56. The van der Waals surface area contributed by atoms with Crippen LogP contribution in [0.1, 0.15) is 25.7 Å². The van der Waals surface area contributed by atoms with E-state index < -0.39 is 0 Å². The van der Waals surface area contributed by atoms with Crippen LogP contribution in [0.4, 0.5) is 0 Å². The van der Waals surface area contributed by atoms with E-state index in [9.17, 15) is 0 Å². The van der Waals surface area contributed by atoms with Gasteiger partial charge in [-0.25, -0.2) is 0 Å². The third-order valence-electron chi connectivity index (χ3n) is 4.18. The fraction of sp³-hybridized carbons (Fsp3) is 0.727. The molecule has 3 aliphatic carbocycles. The van der Waals surface area contributed by atoms with Gasteiger partial charge in [-0.3, -0.25) is 0 Å². The first-order chi connectivity index (χ1) is 6.38. The third-order valence-corrected chi connectivity index (χ3v) is 4.18. The van der Waals surface area contributed by atoms with Crippen molar-refractivity contribution in [2.75, 3.05) is 0 Å². The normalized spacial score (nSPS) is 50.0. The Morgan fingerprint density at radius 1 is 1.23 bits per heavy atom. The first-order valence-electron chi connectivity index (χ1n) is 5.26. The van der Waals surface area contributed by atoms with Crippen molar-refractivity contribution in [2.24, 2.45) is 28.8 Å². The standard InChI is InChI=1S/C11H15NO/c13-12-9-3-4-10-7-1-2-8(5-7)11(10)6-9/h1-2,7-8,10-11,13H,3-6H2/b12-9-. The van der Waals surface area contributed by atoms with Gasteiger partial charge in [0.2, 0.25) is 0 Å². The second-order valence-corrected chi connectivity index (χ2v) is 4.69. The van der Waals surface area contributed by atoms with Crippen LogP contribution in [-0.2, 0) is 0 Å². The van der Waals surface area contributed by atoms with E-state index in [-0.39, 0.29) is 0 Å². The van der Waals surface area contributed by atoms with Crippen LogP contribution >= 0.6 is 0 Å². The van der Waals surface area contributed by atoms with Crippen molar-refractivity contribution in [3.63, 3.8) is 0 Å². The quantitative estimate of drug-likeness (QED) is 0.344. The lowest BCUT2D eigenvalue weighted by molar-refractivity contribution is 0.266. The largest absolute Gasteiger partial charge is 0.411 e. The number of oxime groups is 1. The second-order valence-electron chi connectivity index (χ2n) is 4.69. The minimum Gasteiger partial charge on any atom is -0.411 e. The maximum Gasteiger partial charge on any atom is 0.0574 e. The Labute approximate surface area is 78.3 Å². The van der Waals surface area contributed by atoms with Gasteiger partial charge in [0.1, 0.15) is 0 Å². The summed E-state index contributed by atoms with van der Waals surface area (Å²) in [5.41, 5.74) is 1.03. The van der Waals surface area contributed by atoms with E-state index >= 15 is 0 Å². The van der Waals surface area contributed by atoms with Crippen molar-refractivity contribution >= 4 is 5.71 Å². The minimum absolute atomic E-state index is 0.798. The summed E-state index contributed by atoms with van der Waals surface area (Å²) in [6.45, 7) is 0. The molecule has 2 nitrogen and oxygen atoms in total. The molecule has 13 heavy (non-hydrogen) atoms. The van der Waals surface area contributed by atoms with Crippen LogP contribution in [0.5, 0.6) is 0 Å². The van der Waals surface area contributed by atoms with E-state index in [1.165, 1.54) is 12.8 Å². The summed E-state index contributed by atoms with van der Waals surface area (Å²) in [6.07, 6.45) is 9.48. The van der Waals surface area contributed by atoms with Gasteiger partial charge >= 0.3 is 0 Å². The summed E-state index contributed by atoms with van der Waals surface area (Å²) < 4.78 is 0. The predicted molar refractivity (Wildman–Crippen MR) is 50.8 cm³/mol. The summed E-state index contributed by atoms with van der Waals surface area (Å²) in [7, 11) is 0. The first kappa shape index (κ1) is 7.60. The maximum atomic E-state index is 8.75. The first-order valence-corrected chi connectivity index (χ1v) is 5.26. The van der Waals surface area contributed by atoms with Gasteiger partial charge in [-0.15, -0.1) is 0 Å². The maximum absolute atomic E-state index is 8.75. The number of allylic oxidation sites excluding steroid dienone is 2. The molecule has 2 fully saturated rings. The van der Waals surface area contributed by atoms with Gasteiger partial charge in [0.25, 0.3) is 0 Å². The van der Waals surface area contributed by atoms with Crippen LogP contribution < -0.4 is 0 Å². The van der Waals surface area contributed by atoms with Crippen molar-refractivity contribution in [1.82, 2.24) is 0 Å². The molecule has 2 heteroatoms. The van der Waals surface area contributed by atoms with Crippen molar-refractivity contribution in [3.05, 3.63) is 12.2 Å². The molecule has 0 aromatic carbocycles. The van der Waals surface area contributed by atoms with Gasteiger partial charge in [0.05, 0.1) is 5.71 Å². The van der Waals surface area contributed by atoms with E-state index in [1.807, 2.05) is 0 Å². The van der Waals surface area contributed by atoms with Crippen LogP contribution in [0.15, 0.2) is 17.3 Å². The van der Waals surface area contributed by atoms with E-state index in [0.29, 0.717) is 0 Å². The van der Waals surface area contributed by atoms with Gasteiger partial charge in [0.15, 0.2) is 0 Å². The van der Waals surface area contributed by atoms with Gasteiger partial charge < -0.3 is 5.21 Å². The molecule has 0 spiro atoms. The van der Waals surface area contributed by atoms with Crippen LogP contribution in [0.2, 0.25) is 0 Å². The highest BCUT2D eigenvalue weighted by Gasteiger charge is 2.46. The molecule has 70 valence electrons. The van der Waals surface area contributed by atoms with Crippen LogP contribution in [-0.4, -0.2) is 10.9 Å². The second kappa shape index (κ2) is 2.60. The summed E-state index contributed by atoms with van der Waals surface area (Å²) in [5.74, 6) is 3.36. The minimum atomic E-state index is 0.798. The van der Waals surface area contributed by atoms with Crippen molar-refractivity contribution in [3.8, 4) is 0 Å². The summed E-state index contributed by atoms with van der Waals surface area (Å²) in [5, 5.41) is 12.1. The number of hydrogen-bond donors (Lipinski definition) is 1. The monoisotopic (exact) mass is 177 g/mol. The SMILES string of the molecule is O/N=C1/CCC2C3C=CC(C3)C2C1. The zero-order chi connectivity index (χ0) is 8.84. The van der Waals surface area contributed by atoms with Crippen molar-refractivity contribution < 1.29 is 5.21 Å². The highest BCUT2D eigenvalue weighted by Crippen LogP contribution is 2.53. The van der Waals surface area contributed by atoms with Crippen molar-refractivity contribution in [1.29, 1.82) is 0 Å². The Morgan fingerprint density at radius 3 is 2.77 bits per heavy atom. The number of fused-ring (bicyclic) bond motifs is 5. The number of nitrogens with zero attached hydrogens (tertiary/aromatic N) is 1. The summed E-state index contributed by atoms with van der Waals surface area (Å²) in [4.78, 5) is 0. The molecule has 0 heterocycles. The van der Waals surface area contributed by atoms with Gasteiger partial charge in [-0.1, -0.05) is 17.3 Å². The zero-order valence-corrected chi connectivity index (χ0v) is 7.69. The Bertz CT molecular complexity index is 282. The topological polar surface area (TPSA) is 32.6 Å². The van der Waals surface area contributed by atoms with Gasteiger partial charge in [0, 0.05) is 0 Å². The Kier molecular flexibility index (Phi) is 1.52. The molecule has 0 amide bonds. The summed E-state index contributed by atoms with van der Waals surface area (Å²) in [6, 6.07) is 0. The molecule has 0 aromatic heterocycles. The van der Waals surface area contributed by atoms with Gasteiger partial charge in [-0.05, 0) is 49.4 Å². The molecule has 4 unspecified atom stereocenters. The van der Waals surface area contributed by atoms with Gasteiger partial charge in [-0.2, -0.15) is 0 Å². The molecule has 0 aliphatic heterocycles. The third kappa shape index (κ3) is 0.976. The van der Waals surface area contributed by atoms with Crippen molar-refractivity contribution in [2.45, 2.75) is 25.7 Å². The average Bonchev–Trinajstić information content (AvgIpc) is 2.77. The number of hydrogen-bond acceptors (Lipinski definition) is 2. The molecule has 0 saturated heterocycles. The highest BCUT2D eigenvalue weighted by molar-refractivity contribution is 5.85. The lowest BCUT2D eigenvalue weighted by Crippen LogP contribution is -2.27. The molecule has 3 rings (SSSR count). The molecule has 0 radical (unpaired) electrons. The molecule has 3 aliphatic rings. The molecular formula is C11H15NO. The van der Waals surface area contributed by atoms with Crippen LogP contribution in [0.25, 0.3) is 0 Å². The fourth-order valence-corrected chi connectivity index (χ4v) is 3.56. The smallest absolute Gasteiger partial charge is 0.0574 e. The Morgan fingerprint density at radius 2 is 2.00 bits per heavy atom. The molecular weight excluding hydrogens is 162 g/mol. The summed E-state index contributed by atoms with van der Waals surface area (Å²) >= 11 is 0. The van der Waals surface area contributed by atoms with Crippen LogP contribution in [0.3, 0.4) is 0 Å². The van der Waals surface area contributed by atoms with E-state index in [1.54, 1.807) is 0 Å². The molecule has 2 bridgehead atoms. The average molecular weight is 177 g/mol. The van der Waals surface area contributed by atoms with E-state index in [0.717, 1.165) is 42.2 Å². The lowest BCUT2D eigenvalue weighted by atomic mass is 9.73.